The van der Waals surface area contributed by atoms with Crippen LogP contribution in [0.15, 0.2) is 16.5 Å². The maximum Gasteiger partial charge on any atom is 0.195 e. The average molecular weight is 192 g/mol. The molecule has 1 unspecified atom stereocenters. The SMILES string of the molecule is c1cc(N2CCCC2)oc1C1CCN1. The maximum atomic E-state index is 5.83. The molecule has 0 saturated carbocycles. The number of rotatable bonds is 2. The fourth-order valence-electron chi connectivity index (χ4n) is 2.17. The predicted octanol–water partition coefficient (Wildman–Crippen LogP) is 1.91. The number of furan rings is 1. The van der Waals surface area contributed by atoms with Crippen LogP contribution in [-0.2, 0) is 0 Å². The topological polar surface area (TPSA) is 28.4 Å². The van der Waals surface area contributed by atoms with Crippen LogP contribution in [-0.4, -0.2) is 19.6 Å². The van der Waals surface area contributed by atoms with Crippen molar-refractivity contribution in [3.05, 3.63) is 17.9 Å². The van der Waals surface area contributed by atoms with E-state index >= 15 is 0 Å². The fourth-order valence-corrected chi connectivity index (χ4v) is 2.17. The molecule has 2 aliphatic rings. The lowest BCUT2D eigenvalue weighted by atomic mass is 10.1. The first-order valence-electron chi connectivity index (χ1n) is 5.51. The van der Waals surface area contributed by atoms with Crippen molar-refractivity contribution in [2.24, 2.45) is 0 Å². The molecule has 76 valence electrons. The van der Waals surface area contributed by atoms with Gasteiger partial charge in [0.05, 0.1) is 6.04 Å². The Morgan fingerprint density at radius 3 is 2.71 bits per heavy atom. The third-order valence-corrected chi connectivity index (χ3v) is 3.20. The highest BCUT2D eigenvalue weighted by atomic mass is 16.4. The van der Waals surface area contributed by atoms with Crippen LogP contribution in [0.5, 0.6) is 0 Å². The molecule has 3 heterocycles. The highest BCUT2D eigenvalue weighted by molar-refractivity contribution is 5.38. The monoisotopic (exact) mass is 192 g/mol. The molecule has 2 fully saturated rings. The second-order valence-electron chi connectivity index (χ2n) is 4.17. The van der Waals surface area contributed by atoms with E-state index in [9.17, 15) is 0 Å². The number of nitrogens with one attached hydrogen (secondary N) is 1. The average Bonchev–Trinajstić information content (AvgIpc) is 2.65. The molecule has 3 heteroatoms. The quantitative estimate of drug-likeness (QED) is 0.776. The van der Waals surface area contributed by atoms with Crippen molar-refractivity contribution in [1.82, 2.24) is 5.32 Å². The molecular formula is C11H16N2O. The van der Waals surface area contributed by atoms with Crippen LogP contribution >= 0.6 is 0 Å². The zero-order valence-electron chi connectivity index (χ0n) is 8.33. The number of anilines is 1. The van der Waals surface area contributed by atoms with Gasteiger partial charge in [0.1, 0.15) is 5.76 Å². The minimum atomic E-state index is 0.478. The minimum Gasteiger partial charge on any atom is -0.444 e. The second-order valence-corrected chi connectivity index (χ2v) is 4.17. The smallest absolute Gasteiger partial charge is 0.195 e. The Kier molecular flexibility index (Phi) is 1.98. The molecule has 0 spiro atoms. The van der Waals surface area contributed by atoms with E-state index < -0.39 is 0 Å². The van der Waals surface area contributed by atoms with Gasteiger partial charge in [0.25, 0.3) is 0 Å². The summed E-state index contributed by atoms with van der Waals surface area (Å²) in [5, 5.41) is 3.35. The van der Waals surface area contributed by atoms with Crippen molar-refractivity contribution in [3.63, 3.8) is 0 Å². The van der Waals surface area contributed by atoms with Gasteiger partial charge in [-0.15, -0.1) is 0 Å². The van der Waals surface area contributed by atoms with Crippen molar-refractivity contribution in [1.29, 1.82) is 0 Å². The van der Waals surface area contributed by atoms with Gasteiger partial charge < -0.3 is 14.6 Å². The van der Waals surface area contributed by atoms with Crippen LogP contribution in [0, 0.1) is 0 Å². The summed E-state index contributed by atoms with van der Waals surface area (Å²) in [6.07, 6.45) is 3.82. The highest BCUT2D eigenvalue weighted by Crippen LogP contribution is 2.29. The third-order valence-electron chi connectivity index (χ3n) is 3.20. The first-order valence-corrected chi connectivity index (χ1v) is 5.51. The molecule has 2 aliphatic heterocycles. The van der Waals surface area contributed by atoms with Gasteiger partial charge in [-0.25, -0.2) is 0 Å². The van der Waals surface area contributed by atoms with Crippen LogP contribution < -0.4 is 10.2 Å². The van der Waals surface area contributed by atoms with Crippen LogP contribution in [0.3, 0.4) is 0 Å². The molecular weight excluding hydrogens is 176 g/mol. The van der Waals surface area contributed by atoms with Crippen molar-refractivity contribution in [3.8, 4) is 0 Å². The molecule has 2 saturated heterocycles. The van der Waals surface area contributed by atoms with Gasteiger partial charge in [-0.3, -0.25) is 0 Å². The normalized spacial score (nSPS) is 26.6. The molecule has 3 rings (SSSR count). The Hall–Kier alpha value is -0.960. The lowest BCUT2D eigenvalue weighted by molar-refractivity contribution is 0.320. The Balaban J connectivity index is 1.75. The summed E-state index contributed by atoms with van der Waals surface area (Å²) in [7, 11) is 0. The molecule has 0 radical (unpaired) electrons. The van der Waals surface area contributed by atoms with Gasteiger partial charge in [-0.1, -0.05) is 0 Å². The molecule has 0 amide bonds. The highest BCUT2D eigenvalue weighted by Gasteiger charge is 2.23. The zero-order chi connectivity index (χ0) is 9.38. The van der Waals surface area contributed by atoms with E-state index in [1.54, 1.807) is 0 Å². The van der Waals surface area contributed by atoms with Gasteiger partial charge in [-0.2, -0.15) is 0 Å². The van der Waals surface area contributed by atoms with Crippen molar-refractivity contribution in [2.45, 2.75) is 25.3 Å². The van der Waals surface area contributed by atoms with Crippen molar-refractivity contribution >= 4 is 5.88 Å². The molecule has 3 nitrogen and oxygen atoms in total. The van der Waals surface area contributed by atoms with Gasteiger partial charge in [-0.05, 0) is 31.9 Å². The summed E-state index contributed by atoms with van der Waals surface area (Å²) < 4.78 is 5.83. The van der Waals surface area contributed by atoms with Gasteiger partial charge >= 0.3 is 0 Å². The number of nitrogens with zero attached hydrogens (tertiary/aromatic N) is 1. The number of hydrogen-bond donors (Lipinski definition) is 1. The maximum absolute atomic E-state index is 5.83. The molecule has 0 aliphatic carbocycles. The molecule has 0 aromatic carbocycles. The van der Waals surface area contributed by atoms with Crippen LogP contribution in [0.1, 0.15) is 31.1 Å². The fraction of sp³-hybridized carbons (Fsp3) is 0.636. The Morgan fingerprint density at radius 2 is 2.07 bits per heavy atom. The van der Waals surface area contributed by atoms with E-state index in [0.29, 0.717) is 6.04 Å². The summed E-state index contributed by atoms with van der Waals surface area (Å²) in [6.45, 7) is 3.44. The molecule has 1 aromatic heterocycles. The third kappa shape index (κ3) is 1.32. The van der Waals surface area contributed by atoms with Crippen molar-refractivity contribution in [2.75, 3.05) is 24.5 Å². The Labute approximate surface area is 84.1 Å². The van der Waals surface area contributed by atoms with Gasteiger partial charge in [0, 0.05) is 19.2 Å². The first kappa shape index (κ1) is 8.36. The summed E-state index contributed by atoms with van der Waals surface area (Å²) >= 11 is 0. The zero-order valence-corrected chi connectivity index (χ0v) is 8.33. The summed E-state index contributed by atoms with van der Waals surface area (Å²) in [6, 6.07) is 4.71. The number of hydrogen-bond acceptors (Lipinski definition) is 3. The molecule has 1 N–H and O–H groups in total. The van der Waals surface area contributed by atoms with E-state index in [0.717, 1.165) is 31.3 Å². The lowest BCUT2D eigenvalue weighted by Gasteiger charge is -2.25. The molecule has 14 heavy (non-hydrogen) atoms. The van der Waals surface area contributed by atoms with Gasteiger partial charge in [0.15, 0.2) is 5.88 Å². The van der Waals surface area contributed by atoms with E-state index in [1.807, 2.05) is 0 Å². The largest absolute Gasteiger partial charge is 0.444 e. The van der Waals surface area contributed by atoms with Crippen LogP contribution in [0.25, 0.3) is 0 Å². The first-order chi connectivity index (χ1) is 6.93. The van der Waals surface area contributed by atoms with E-state index in [-0.39, 0.29) is 0 Å². The van der Waals surface area contributed by atoms with Gasteiger partial charge in [0.2, 0.25) is 0 Å². The Bertz CT molecular complexity index is 311. The van der Waals surface area contributed by atoms with Crippen molar-refractivity contribution < 1.29 is 4.42 Å². The summed E-state index contributed by atoms with van der Waals surface area (Å²) in [4.78, 5) is 2.34. The van der Waals surface area contributed by atoms with Crippen LogP contribution in [0.2, 0.25) is 0 Å². The standard InChI is InChI=1S/C11H16N2O/c1-2-8-13(7-1)11-4-3-10(14-11)9-5-6-12-9/h3-4,9,12H,1-2,5-8H2. The molecule has 0 bridgehead atoms. The second kappa shape index (κ2) is 3.31. The van der Waals surface area contributed by atoms with Crippen LogP contribution in [0.4, 0.5) is 5.88 Å². The summed E-state index contributed by atoms with van der Waals surface area (Å²) in [5.41, 5.74) is 0. The van der Waals surface area contributed by atoms with E-state index in [4.69, 9.17) is 4.42 Å². The van der Waals surface area contributed by atoms with E-state index in [1.165, 1.54) is 19.3 Å². The Morgan fingerprint density at radius 1 is 1.29 bits per heavy atom. The minimum absolute atomic E-state index is 0.478. The summed E-state index contributed by atoms with van der Waals surface area (Å²) in [5.74, 6) is 2.17. The predicted molar refractivity (Wildman–Crippen MR) is 55.5 cm³/mol. The molecule has 1 atom stereocenters. The lowest BCUT2D eigenvalue weighted by Crippen LogP contribution is -2.34. The van der Waals surface area contributed by atoms with E-state index in [2.05, 4.69) is 22.3 Å². The molecule has 1 aromatic rings.